The summed E-state index contributed by atoms with van der Waals surface area (Å²) < 4.78 is 39.0. The molecule has 1 aliphatic heterocycles. The highest BCUT2D eigenvalue weighted by Crippen LogP contribution is 2.32. The maximum Gasteiger partial charge on any atom is 0.416 e. The van der Waals surface area contributed by atoms with E-state index in [9.17, 15) is 22.8 Å². The molecular weight excluding hydrogens is 565 g/mol. The van der Waals surface area contributed by atoms with Crippen molar-refractivity contribution in [3.8, 4) is 11.1 Å². The van der Waals surface area contributed by atoms with Crippen LogP contribution in [0.1, 0.15) is 40.9 Å². The van der Waals surface area contributed by atoms with Gasteiger partial charge in [0.15, 0.2) is 0 Å². The molecule has 0 spiro atoms. The predicted molar refractivity (Wildman–Crippen MR) is 168 cm³/mol. The van der Waals surface area contributed by atoms with Crippen LogP contribution in [0.4, 0.5) is 24.5 Å². The van der Waals surface area contributed by atoms with Crippen LogP contribution in [-0.4, -0.2) is 49.4 Å². The molecule has 0 radical (unpaired) electrons. The van der Waals surface area contributed by atoms with Gasteiger partial charge >= 0.3 is 6.18 Å². The number of anilines is 2. The first kappa shape index (κ1) is 30.8. The fourth-order valence-electron chi connectivity index (χ4n) is 5.47. The van der Waals surface area contributed by atoms with Gasteiger partial charge in [0.05, 0.1) is 5.56 Å². The zero-order chi connectivity index (χ0) is 31.1. The molecule has 2 N–H and O–H groups in total. The van der Waals surface area contributed by atoms with Crippen molar-refractivity contribution in [1.82, 2.24) is 10.2 Å². The molecule has 228 valence electrons. The van der Waals surface area contributed by atoms with Crippen molar-refractivity contribution in [1.29, 1.82) is 0 Å². The SMILES string of the molecule is CCCNC(=O)C(c1ccccc1)N1CCN(c2ccc(NC(=O)c3ccccc3-c3ccc(C(F)(F)F)cc3)cc2)CC1. The Balaban J connectivity index is 1.23. The molecule has 1 fully saturated rings. The van der Waals surface area contributed by atoms with E-state index in [1.165, 1.54) is 12.1 Å². The zero-order valence-electron chi connectivity index (χ0n) is 24.5. The van der Waals surface area contributed by atoms with Gasteiger partial charge in [-0.05, 0) is 65.6 Å². The van der Waals surface area contributed by atoms with E-state index in [0.717, 1.165) is 56.0 Å². The lowest BCUT2D eigenvalue weighted by molar-refractivity contribution is -0.137. The van der Waals surface area contributed by atoms with Gasteiger partial charge in [0.1, 0.15) is 6.04 Å². The first-order valence-electron chi connectivity index (χ1n) is 14.7. The standard InChI is InChI=1S/C35H35F3N4O2/c1-2-20-39-34(44)32(26-8-4-3-5-9-26)42-23-21-41(22-24-42)29-18-16-28(17-19-29)40-33(43)31-11-7-6-10-30(31)25-12-14-27(15-13-25)35(36,37)38/h3-19,32H,2,20-24H2,1H3,(H,39,44)(H,40,43). The van der Waals surface area contributed by atoms with E-state index in [2.05, 4.69) is 20.4 Å². The number of alkyl halides is 3. The molecular formula is C35H35F3N4O2. The molecule has 4 aromatic carbocycles. The smallest absolute Gasteiger partial charge is 0.369 e. The largest absolute Gasteiger partial charge is 0.416 e. The van der Waals surface area contributed by atoms with E-state index in [1.807, 2.05) is 61.5 Å². The number of nitrogens with zero attached hydrogens (tertiary/aromatic N) is 2. The van der Waals surface area contributed by atoms with Crippen LogP contribution in [0.2, 0.25) is 0 Å². The Hall–Kier alpha value is -4.63. The minimum absolute atomic E-state index is 0.0199. The summed E-state index contributed by atoms with van der Waals surface area (Å²) in [4.78, 5) is 30.8. The Labute approximate surface area is 255 Å². The molecule has 0 saturated carbocycles. The molecule has 1 saturated heterocycles. The number of carbonyl (C=O) groups is 2. The minimum atomic E-state index is -4.43. The molecule has 5 rings (SSSR count). The number of benzene rings is 4. The second-order valence-electron chi connectivity index (χ2n) is 10.7. The topological polar surface area (TPSA) is 64.7 Å². The Kier molecular flexibility index (Phi) is 9.65. The normalized spacial score (nSPS) is 14.6. The number of rotatable bonds is 9. The lowest BCUT2D eigenvalue weighted by Crippen LogP contribution is -2.51. The number of piperazine rings is 1. The molecule has 44 heavy (non-hydrogen) atoms. The molecule has 2 amide bonds. The van der Waals surface area contributed by atoms with Gasteiger partial charge in [0.25, 0.3) is 5.91 Å². The molecule has 9 heteroatoms. The quantitative estimate of drug-likeness (QED) is 0.217. The first-order chi connectivity index (χ1) is 21.2. The van der Waals surface area contributed by atoms with Gasteiger partial charge in [-0.3, -0.25) is 14.5 Å². The van der Waals surface area contributed by atoms with Crippen molar-refractivity contribution in [3.05, 3.63) is 120 Å². The summed E-state index contributed by atoms with van der Waals surface area (Å²) in [5, 5.41) is 5.97. The van der Waals surface area contributed by atoms with Crippen LogP contribution in [0.3, 0.4) is 0 Å². The van der Waals surface area contributed by atoms with Gasteiger partial charge in [-0.2, -0.15) is 13.2 Å². The van der Waals surface area contributed by atoms with Gasteiger partial charge in [-0.25, -0.2) is 0 Å². The average Bonchev–Trinajstić information content (AvgIpc) is 3.05. The van der Waals surface area contributed by atoms with E-state index in [4.69, 9.17) is 0 Å². The number of halogens is 3. The van der Waals surface area contributed by atoms with Gasteiger partial charge in [0, 0.05) is 49.7 Å². The van der Waals surface area contributed by atoms with Crippen molar-refractivity contribution in [2.24, 2.45) is 0 Å². The van der Waals surface area contributed by atoms with E-state index < -0.39 is 11.7 Å². The highest BCUT2D eigenvalue weighted by Gasteiger charge is 2.31. The molecule has 0 aromatic heterocycles. The molecule has 1 atom stereocenters. The number of hydrogen-bond acceptors (Lipinski definition) is 4. The van der Waals surface area contributed by atoms with E-state index in [1.54, 1.807) is 24.3 Å². The monoisotopic (exact) mass is 600 g/mol. The summed E-state index contributed by atoms with van der Waals surface area (Å²) in [6, 6.07) is 28.7. The summed E-state index contributed by atoms with van der Waals surface area (Å²) in [5.41, 5.74) is 3.30. The molecule has 1 aliphatic rings. The third-order valence-electron chi connectivity index (χ3n) is 7.78. The summed E-state index contributed by atoms with van der Waals surface area (Å²) in [5.74, 6) is -0.332. The fraction of sp³-hybridized carbons (Fsp3) is 0.257. The van der Waals surface area contributed by atoms with Crippen LogP contribution >= 0.6 is 0 Å². The highest BCUT2D eigenvalue weighted by molar-refractivity contribution is 6.08. The Morgan fingerprint density at radius 1 is 0.795 bits per heavy atom. The summed E-state index contributed by atoms with van der Waals surface area (Å²) in [6.45, 7) is 5.62. The van der Waals surface area contributed by atoms with Crippen LogP contribution in [0.15, 0.2) is 103 Å². The molecule has 1 unspecified atom stereocenters. The molecule has 0 aliphatic carbocycles. The third kappa shape index (κ3) is 7.29. The Morgan fingerprint density at radius 2 is 1.43 bits per heavy atom. The van der Waals surface area contributed by atoms with Crippen molar-refractivity contribution in [3.63, 3.8) is 0 Å². The average molecular weight is 601 g/mol. The van der Waals surface area contributed by atoms with Gasteiger partial charge < -0.3 is 15.5 Å². The van der Waals surface area contributed by atoms with E-state index >= 15 is 0 Å². The zero-order valence-corrected chi connectivity index (χ0v) is 24.5. The maximum atomic E-state index is 13.2. The van der Waals surface area contributed by atoms with Crippen molar-refractivity contribution in [2.45, 2.75) is 25.6 Å². The summed E-state index contributed by atoms with van der Waals surface area (Å²) in [7, 11) is 0. The number of hydrogen-bond donors (Lipinski definition) is 2. The summed E-state index contributed by atoms with van der Waals surface area (Å²) in [6.07, 6.45) is -3.55. The third-order valence-corrected chi connectivity index (χ3v) is 7.78. The van der Waals surface area contributed by atoms with Gasteiger partial charge in [0.2, 0.25) is 5.91 Å². The van der Waals surface area contributed by atoms with Gasteiger partial charge in [-0.1, -0.05) is 67.6 Å². The Morgan fingerprint density at radius 3 is 2.07 bits per heavy atom. The second kappa shape index (κ2) is 13.8. The fourth-order valence-corrected chi connectivity index (χ4v) is 5.47. The Bertz CT molecular complexity index is 1550. The molecule has 6 nitrogen and oxygen atoms in total. The minimum Gasteiger partial charge on any atom is -0.369 e. The summed E-state index contributed by atoms with van der Waals surface area (Å²) >= 11 is 0. The van der Waals surface area contributed by atoms with Gasteiger partial charge in [-0.15, -0.1) is 0 Å². The lowest BCUT2D eigenvalue weighted by Gasteiger charge is -2.39. The number of nitrogens with one attached hydrogen (secondary N) is 2. The maximum absolute atomic E-state index is 13.2. The van der Waals surface area contributed by atoms with Crippen molar-refractivity contribution in [2.75, 3.05) is 42.9 Å². The van der Waals surface area contributed by atoms with Crippen LogP contribution in [0, 0.1) is 0 Å². The van der Waals surface area contributed by atoms with E-state index in [0.29, 0.717) is 28.9 Å². The van der Waals surface area contributed by atoms with Crippen LogP contribution in [0.25, 0.3) is 11.1 Å². The van der Waals surface area contributed by atoms with Crippen LogP contribution < -0.4 is 15.5 Å². The number of amides is 2. The lowest BCUT2D eigenvalue weighted by atomic mass is 9.98. The molecule has 0 bridgehead atoms. The van der Waals surface area contributed by atoms with E-state index in [-0.39, 0.29) is 17.9 Å². The highest BCUT2D eigenvalue weighted by atomic mass is 19.4. The van der Waals surface area contributed by atoms with Crippen molar-refractivity contribution < 1.29 is 22.8 Å². The number of carbonyl (C=O) groups excluding carboxylic acids is 2. The molecule has 1 heterocycles. The predicted octanol–water partition coefficient (Wildman–Crippen LogP) is 7.01. The van der Waals surface area contributed by atoms with Crippen LogP contribution in [0.5, 0.6) is 0 Å². The first-order valence-corrected chi connectivity index (χ1v) is 14.7. The van der Waals surface area contributed by atoms with Crippen molar-refractivity contribution >= 4 is 23.2 Å². The molecule has 4 aromatic rings. The second-order valence-corrected chi connectivity index (χ2v) is 10.7. The van der Waals surface area contributed by atoms with Crippen LogP contribution in [-0.2, 0) is 11.0 Å².